The van der Waals surface area contributed by atoms with Gasteiger partial charge in [0.15, 0.2) is 0 Å². The molecule has 3 heteroatoms. The Bertz CT molecular complexity index is 166. The van der Waals surface area contributed by atoms with Gasteiger partial charge in [0.25, 0.3) is 0 Å². The Kier molecular flexibility index (Phi) is 5.03. The van der Waals surface area contributed by atoms with Crippen LogP contribution in [0.25, 0.3) is 0 Å². The molecule has 0 radical (unpaired) electrons. The van der Waals surface area contributed by atoms with Gasteiger partial charge >= 0.3 is 0 Å². The topological polar surface area (TPSA) is 32.5 Å². The summed E-state index contributed by atoms with van der Waals surface area (Å²) in [6.07, 6.45) is 1.14. The van der Waals surface area contributed by atoms with Crippen molar-refractivity contribution in [1.82, 2.24) is 9.80 Å². The van der Waals surface area contributed by atoms with E-state index in [1.807, 2.05) is 0 Å². The second kappa shape index (κ2) is 5.83. The lowest BCUT2D eigenvalue weighted by molar-refractivity contribution is 0.102. The second-order valence-corrected chi connectivity index (χ2v) is 5.82. The molecule has 1 rings (SSSR count). The highest BCUT2D eigenvalue weighted by atomic mass is 15.3. The Balaban J connectivity index is 2.18. The van der Waals surface area contributed by atoms with Gasteiger partial charge in [-0.15, -0.1) is 0 Å². The normalized spacial score (nSPS) is 20.8. The molecule has 1 saturated heterocycles. The molecule has 2 N–H and O–H groups in total. The molecule has 1 aliphatic rings. The van der Waals surface area contributed by atoms with Crippen LogP contribution in [-0.4, -0.2) is 55.6 Å². The Morgan fingerprint density at radius 1 is 1.00 bits per heavy atom. The molecule has 0 aliphatic carbocycles. The molecule has 3 nitrogen and oxygen atoms in total. The summed E-state index contributed by atoms with van der Waals surface area (Å²) in [5, 5.41) is 0. The summed E-state index contributed by atoms with van der Waals surface area (Å²) in [5.74, 6) is 0. The molecule has 0 bridgehead atoms. The average molecular weight is 213 g/mol. The van der Waals surface area contributed by atoms with Crippen LogP contribution < -0.4 is 5.73 Å². The molecule has 1 aliphatic heterocycles. The summed E-state index contributed by atoms with van der Waals surface area (Å²) in [6.45, 7) is 15.0. The van der Waals surface area contributed by atoms with Gasteiger partial charge < -0.3 is 15.5 Å². The third-order valence-electron chi connectivity index (χ3n) is 2.84. The highest BCUT2D eigenvalue weighted by Crippen LogP contribution is 2.16. The molecule has 1 fully saturated rings. The molecular weight excluding hydrogens is 186 g/mol. The first kappa shape index (κ1) is 12.9. The molecule has 0 amide bonds. The summed E-state index contributed by atoms with van der Waals surface area (Å²) in [5.41, 5.74) is 5.95. The number of piperazine rings is 1. The highest BCUT2D eigenvalue weighted by Gasteiger charge is 2.20. The Labute approximate surface area is 94.6 Å². The Morgan fingerprint density at radius 2 is 1.53 bits per heavy atom. The van der Waals surface area contributed by atoms with E-state index >= 15 is 0 Å². The smallest absolute Gasteiger partial charge is 0.0110 e. The minimum Gasteiger partial charge on any atom is -0.330 e. The van der Waals surface area contributed by atoms with Crippen molar-refractivity contribution in [1.29, 1.82) is 0 Å². The quantitative estimate of drug-likeness (QED) is 0.756. The SMILES string of the molecule is CC(C)(C)CN1CCN(CCCN)CC1. The number of nitrogens with two attached hydrogens (primary N) is 1. The first-order valence-electron chi connectivity index (χ1n) is 6.16. The summed E-state index contributed by atoms with van der Waals surface area (Å²) in [6, 6.07) is 0. The predicted molar refractivity (Wildman–Crippen MR) is 66.0 cm³/mol. The van der Waals surface area contributed by atoms with Crippen LogP contribution in [0.4, 0.5) is 0 Å². The third kappa shape index (κ3) is 5.50. The molecule has 15 heavy (non-hydrogen) atoms. The monoisotopic (exact) mass is 213 g/mol. The van der Waals surface area contributed by atoms with Crippen LogP contribution in [0, 0.1) is 5.41 Å². The summed E-state index contributed by atoms with van der Waals surface area (Å²) >= 11 is 0. The van der Waals surface area contributed by atoms with Crippen LogP contribution in [0.5, 0.6) is 0 Å². The van der Waals surface area contributed by atoms with Gasteiger partial charge in [-0.25, -0.2) is 0 Å². The van der Waals surface area contributed by atoms with Crippen molar-refractivity contribution in [3.8, 4) is 0 Å². The van der Waals surface area contributed by atoms with Crippen molar-refractivity contribution in [2.24, 2.45) is 11.1 Å². The summed E-state index contributed by atoms with van der Waals surface area (Å²) < 4.78 is 0. The van der Waals surface area contributed by atoms with Gasteiger partial charge in [-0.05, 0) is 24.9 Å². The molecule has 0 aromatic heterocycles. The summed E-state index contributed by atoms with van der Waals surface area (Å²) in [7, 11) is 0. The van der Waals surface area contributed by atoms with Gasteiger partial charge in [-0.1, -0.05) is 20.8 Å². The first-order valence-corrected chi connectivity index (χ1v) is 6.16. The van der Waals surface area contributed by atoms with E-state index in [1.54, 1.807) is 0 Å². The van der Waals surface area contributed by atoms with Crippen molar-refractivity contribution in [3.63, 3.8) is 0 Å². The number of hydrogen-bond acceptors (Lipinski definition) is 3. The van der Waals surface area contributed by atoms with E-state index in [1.165, 1.54) is 39.3 Å². The van der Waals surface area contributed by atoms with Crippen LogP contribution in [0.15, 0.2) is 0 Å². The lowest BCUT2D eigenvalue weighted by Crippen LogP contribution is -2.48. The fraction of sp³-hybridized carbons (Fsp3) is 1.00. The first-order chi connectivity index (χ1) is 7.01. The van der Waals surface area contributed by atoms with Crippen LogP contribution in [0.1, 0.15) is 27.2 Å². The van der Waals surface area contributed by atoms with Crippen molar-refractivity contribution in [2.45, 2.75) is 27.2 Å². The molecule has 0 atom stereocenters. The number of hydrogen-bond donors (Lipinski definition) is 1. The maximum atomic E-state index is 5.52. The van der Waals surface area contributed by atoms with Crippen LogP contribution >= 0.6 is 0 Å². The summed E-state index contributed by atoms with van der Waals surface area (Å²) in [4.78, 5) is 5.12. The Morgan fingerprint density at radius 3 is 2.00 bits per heavy atom. The van der Waals surface area contributed by atoms with Crippen LogP contribution in [-0.2, 0) is 0 Å². The van der Waals surface area contributed by atoms with E-state index in [4.69, 9.17) is 5.73 Å². The molecular formula is C12H27N3. The van der Waals surface area contributed by atoms with Gasteiger partial charge in [-0.3, -0.25) is 0 Å². The minimum absolute atomic E-state index is 0.430. The molecule has 0 saturated carbocycles. The van der Waals surface area contributed by atoms with Gasteiger partial charge in [0.1, 0.15) is 0 Å². The standard InChI is InChI=1S/C12H27N3/c1-12(2,3)11-15-9-7-14(8-10-15)6-4-5-13/h4-11,13H2,1-3H3. The van der Waals surface area contributed by atoms with Crippen molar-refractivity contribution < 1.29 is 0 Å². The minimum atomic E-state index is 0.430. The number of nitrogens with zero attached hydrogens (tertiary/aromatic N) is 2. The maximum Gasteiger partial charge on any atom is 0.0110 e. The fourth-order valence-electron chi connectivity index (χ4n) is 2.16. The maximum absolute atomic E-state index is 5.52. The van der Waals surface area contributed by atoms with Gasteiger partial charge in [-0.2, -0.15) is 0 Å². The predicted octanol–water partition coefficient (Wildman–Crippen LogP) is 0.999. The largest absolute Gasteiger partial charge is 0.330 e. The molecule has 0 aromatic rings. The molecule has 0 spiro atoms. The molecule has 0 unspecified atom stereocenters. The molecule has 90 valence electrons. The van der Waals surface area contributed by atoms with Crippen molar-refractivity contribution >= 4 is 0 Å². The molecule has 1 heterocycles. The van der Waals surface area contributed by atoms with Crippen molar-refractivity contribution in [2.75, 3.05) is 45.8 Å². The van der Waals surface area contributed by atoms with E-state index < -0.39 is 0 Å². The van der Waals surface area contributed by atoms with Gasteiger partial charge in [0.2, 0.25) is 0 Å². The fourth-order valence-corrected chi connectivity index (χ4v) is 2.16. The number of rotatable bonds is 4. The Hall–Kier alpha value is -0.120. The zero-order valence-corrected chi connectivity index (χ0v) is 10.6. The molecule has 0 aromatic carbocycles. The zero-order chi connectivity index (χ0) is 11.3. The lowest BCUT2D eigenvalue weighted by Gasteiger charge is -2.37. The average Bonchev–Trinajstić information content (AvgIpc) is 2.14. The van der Waals surface area contributed by atoms with Gasteiger partial charge in [0, 0.05) is 32.7 Å². The van der Waals surface area contributed by atoms with E-state index in [2.05, 4.69) is 30.6 Å². The highest BCUT2D eigenvalue weighted by molar-refractivity contribution is 4.76. The van der Waals surface area contributed by atoms with E-state index in [0.29, 0.717) is 5.41 Å². The van der Waals surface area contributed by atoms with E-state index in [9.17, 15) is 0 Å². The van der Waals surface area contributed by atoms with Gasteiger partial charge in [0.05, 0.1) is 0 Å². The van der Waals surface area contributed by atoms with E-state index in [-0.39, 0.29) is 0 Å². The lowest BCUT2D eigenvalue weighted by atomic mass is 9.96. The third-order valence-corrected chi connectivity index (χ3v) is 2.84. The van der Waals surface area contributed by atoms with Crippen LogP contribution in [0.3, 0.4) is 0 Å². The van der Waals surface area contributed by atoms with Crippen LogP contribution in [0.2, 0.25) is 0 Å². The zero-order valence-electron chi connectivity index (χ0n) is 10.6. The van der Waals surface area contributed by atoms with E-state index in [0.717, 1.165) is 13.0 Å². The van der Waals surface area contributed by atoms with Crippen molar-refractivity contribution in [3.05, 3.63) is 0 Å². The second-order valence-electron chi connectivity index (χ2n) is 5.82.